The van der Waals surface area contributed by atoms with Crippen molar-refractivity contribution in [1.82, 2.24) is 14.7 Å². The van der Waals surface area contributed by atoms with Crippen LogP contribution >= 0.6 is 11.6 Å². The summed E-state index contributed by atoms with van der Waals surface area (Å²) in [6.45, 7) is 5.94. The van der Waals surface area contributed by atoms with Crippen LogP contribution in [0.2, 0.25) is 5.02 Å². The monoisotopic (exact) mass is 523 g/mol. The summed E-state index contributed by atoms with van der Waals surface area (Å²) in [4.78, 5) is 20.3. The number of fused-ring (bicyclic) bond motifs is 1. The molecule has 2 aromatic rings. The second kappa shape index (κ2) is 11.0. The van der Waals surface area contributed by atoms with Crippen molar-refractivity contribution in [1.29, 1.82) is 5.26 Å². The van der Waals surface area contributed by atoms with Crippen molar-refractivity contribution < 1.29 is 9.18 Å². The van der Waals surface area contributed by atoms with E-state index in [9.17, 15) is 14.4 Å². The largest absolute Gasteiger partial charge is 0.322 e. The normalized spacial score (nSPS) is 25.7. The molecule has 2 saturated carbocycles. The van der Waals surface area contributed by atoms with Crippen LogP contribution in [0, 0.1) is 23.1 Å². The number of carbonyl (C=O) groups excluding carboxylic acids is 1. The Labute approximate surface area is 224 Å². The Bertz CT molecular complexity index is 1180. The molecule has 1 N–H and O–H groups in total. The van der Waals surface area contributed by atoms with Gasteiger partial charge < -0.3 is 20.0 Å². The van der Waals surface area contributed by atoms with Crippen LogP contribution in [-0.4, -0.2) is 73.1 Å². The highest BCUT2D eigenvalue weighted by Crippen LogP contribution is 2.62. The molecule has 3 fully saturated rings. The minimum atomic E-state index is -0.499. The van der Waals surface area contributed by atoms with Gasteiger partial charge in [-0.2, -0.15) is 5.26 Å². The average Bonchev–Trinajstić information content (AvgIpc) is 3.65. The number of hydrogen-bond donors (Lipinski definition) is 1. The van der Waals surface area contributed by atoms with E-state index >= 15 is 0 Å². The topological polar surface area (TPSA) is 62.6 Å². The summed E-state index contributed by atoms with van der Waals surface area (Å²) in [5, 5.41) is 12.3. The van der Waals surface area contributed by atoms with Crippen molar-refractivity contribution in [2.24, 2.45) is 5.92 Å². The number of hydrogen-bond acceptors (Lipinski definition) is 4. The quantitative estimate of drug-likeness (QED) is 0.532. The van der Waals surface area contributed by atoms with E-state index in [4.69, 9.17) is 11.6 Å². The third kappa shape index (κ3) is 5.77. The molecular weight excluding hydrogens is 489 g/mol. The van der Waals surface area contributed by atoms with Gasteiger partial charge in [-0.1, -0.05) is 23.7 Å². The number of nitriles is 1. The molecule has 2 unspecified atom stereocenters. The number of anilines is 1. The molecule has 8 heteroatoms. The molecule has 3 aliphatic rings. The van der Waals surface area contributed by atoms with Gasteiger partial charge in [-0.3, -0.25) is 0 Å². The second-order valence-electron chi connectivity index (χ2n) is 10.9. The van der Waals surface area contributed by atoms with Crippen molar-refractivity contribution in [3.63, 3.8) is 0 Å². The van der Waals surface area contributed by atoms with Crippen LogP contribution in [0.3, 0.4) is 0 Å². The maximum Gasteiger partial charge on any atom is 0.322 e. The lowest BCUT2D eigenvalue weighted by Gasteiger charge is -2.38. The van der Waals surface area contributed by atoms with E-state index in [0.29, 0.717) is 23.7 Å². The van der Waals surface area contributed by atoms with Crippen LogP contribution in [-0.2, 0) is 5.41 Å². The van der Waals surface area contributed by atoms with Gasteiger partial charge in [0.15, 0.2) is 0 Å². The number of urea groups is 1. The Morgan fingerprint density at radius 1 is 1.24 bits per heavy atom. The second-order valence-corrected chi connectivity index (χ2v) is 11.3. The third-order valence-corrected chi connectivity index (χ3v) is 8.91. The van der Waals surface area contributed by atoms with Gasteiger partial charge in [0.25, 0.3) is 0 Å². The summed E-state index contributed by atoms with van der Waals surface area (Å²) in [6, 6.07) is 14.6. The Morgan fingerprint density at radius 2 is 2.05 bits per heavy atom. The van der Waals surface area contributed by atoms with Crippen molar-refractivity contribution in [3.05, 3.63) is 64.4 Å². The highest BCUT2D eigenvalue weighted by atomic mass is 35.5. The van der Waals surface area contributed by atoms with E-state index in [1.807, 2.05) is 23.1 Å². The Kier molecular flexibility index (Phi) is 7.71. The first-order chi connectivity index (χ1) is 17.9. The van der Waals surface area contributed by atoms with Crippen molar-refractivity contribution >= 4 is 23.3 Å². The number of nitrogens with one attached hydrogen (secondary N) is 1. The van der Waals surface area contributed by atoms with E-state index in [2.05, 4.69) is 34.3 Å². The Balaban J connectivity index is 1.26. The van der Waals surface area contributed by atoms with Gasteiger partial charge in [-0.05, 0) is 92.9 Å². The van der Waals surface area contributed by atoms with Crippen molar-refractivity contribution in [3.8, 4) is 6.07 Å². The first-order valence-electron chi connectivity index (χ1n) is 13.3. The van der Waals surface area contributed by atoms with Crippen molar-refractivity contribution in [2.75, 3.05) is 51.6 Å². The fourth-order valence-corrected chi connectivity index (χ4v) is 6.48. The molecule has 2 aromatic carbocycles. The van der Waals surface area contributed by atoms with Gasteiger partial charge in [0.2, 0.25) is 0 Å². The standard InChI is InChI=1S/C29H35ClFN5O/c1-34-12-14-35(15-13-34)10-3-11-36(28(37)33-24-6-7-27(31)26(30)18-24)25-8-9-29(19-23(29)17-25)22-5-2-4-21(16-22)20-32/h2,4-7,16,18,23,25H,3,8-15,17,19H2,1H3,(H,33,37)/t23?,25-,29?/m1/s1. The molecule has 0 radical (unpaired) electrons. The first-order valence-corrected chi connectivity index (χ1v) is 13.7. The molecule has 2 aliphatic carbocycles. The molecule has 1 aliphatic heterocycles. The highest BCUT2D eigenvalue weighted by Gasteiger charge is 2.58. The number of carbonyl (C=O) groups is 1. The molecule has 0 aromatic heterocycles. The molecular formula is C29H35ClFN5O. The zero-order valence-corrected chi connectivity index (χ0v) is 22.2. The fourth-order valence-electron chi connectivity index (χ4n) is 6.30. The van der Waals surface area contributed by atoms with Crippen LogP contribution < -0.4 is 5.32 Å². The Hall–Kier alpha value is -2.66. The van der Waals surface area contributed by atoms with Gasteiger partial charge in [-0.15, -0.1) is 0 Å². The number of piperazine rings is 1. The predicted octanol–water partition coefficient (Wildman–Crippen LogP) is 5.33. The predicted molar refractivity (Wildman–Crippen MR) is 144 cm³/mol. The van der Waals surface area contributed by atoms with E-state index in [-0.39, 0.29) is 22.5 Å². The lowest BCUT2D eigenvalue weighted by Crippen LogP contribution is -2.48. The van der Waals surface area contributed by atoms with Crippen LogP contribution in [0.1, 0.15) is 43.2 Å². The minimum absolute atomic E-state index is 0.000513. The summed E-state index contributed by atoms with van der Waals surface area (Å²) >= 11 is 5.96. The summed E-state index contributed by atoms with van der Waals surface area (Å²) in [5.74, 6) is 0.0231. The smallest absolute Gasteiger partial charge is 0.321 e. The van der Waals surface area contributed by atoms with Crippen molar-refractivity contribution in [2.45, 2.75) is 43.6 Å². The molecule has 5 rings (SSSR count). The molecule has 1 heterocycles. The number of benzene rings is 2. The van der Waals surface area contributed by atoms with Gasteiger partial charge in [0.1, 0.15) is 5.82 Å². The van der Waals surface area contributed by atoms with E-state index in [1.54, 1.807) is 6.07 Å². The SMILES string of the molecule is CN1CCN(CCCN(C(=O)Nc2ccc(F)c(Cl)c2)[C@@H]2CCC3(c4cccc(C#N)c4)CC3C2)CC1. The van der Waals surface area contributed by atoms with Crippen LogP contribution in [0.25, 0.3) is 0 Å². The lowest BCUT2D eigenvalue weighted by molar-refractivity contribution is 0.134. The third-order valence-electron chi connectivity index (χ3n) is 8.62. The van der Waals surface area contributed by atoms with Crippen LogP contribution in [0.5, 0.6) is 0 Å². The zero-order chi connectivity index (χ0) is 26.0. The maximum atomic E-state index is 13.6. The van der Waals surface area contributed by atoms with E-state index < -0.39 is 5.82 Å². The summed E-state index contributed by atoms with van der Waals surface area (Å²) in [6.07, 6.45) is 4.94. The average molecular weight is 524 g/mol. The number of likely N-dealkylation sites (N-methyl/N-ethyl adjacent to an activating group) is 1. The van der Waals surface area contributed by atoms with Gasteiger partial charge in [0.05, 0.1) is 16.7 Å². The summed E-state index contributed by atoms with van der Waals surface area (Å²) in [5.41, 5.74) is 2.63. The first kappa shape index (κ1) is 26.0. The molecule has 0 bridgehead atoms. The molecule has 196 valence electrons. The molecule has 37 heavy (non-hydrogen) atoms. The number of rotatable bonds is 7. The highest BCUT2D eigenvalue weighted by molar-refractivity contribution is 6.31. The maximum absolute atomic E-state index is 13.6. The number of amides is 2. The van der Waals surface area contributed by atoms with E-state index in [1.165, 1.54) is 17.7 Å². The lowest BCUT2D eigenvalue weighted by atomic mass is 9.80. The van der Waals surface area contributed by atoms with Gasteiger partial charge in [0, 0.05) is 44.5 Å². The van der Waals surface area contributed by atoms with E-state index in [0.717, 1.165) is 64.8 Å². The fraction of sp³-hybridized carbons (Fsp3) is 0.517. The summed E-state index contributed by atoms with van der Waals surface area (Å²) < 4.78 is 13.6. The van der Waals surface area contributed by atoms with Crippen LogP contribution in [0.4, 0.5) is 14.9 Å². The van der Waals surface area contributed by atoms with Crippen LogP contribution in [0.15, 0.2) is 42.5 Å². The molecule has 1 saturated heterocycles. The van der Waals surface area contributed by atoms with Gasteiger partial charge in [-0.25, -0.2) is 9.18 Å². The molecule has 3 atom stereocenters. The molecule has 6 nitrogen and oxygen atoms in total. The minimum Gasteiger partial charge on any atom is -0.321 e. The summed E-state index contributed by atoms with van der Waals surface area (Å²) in [7, 11) is 2.16. The molecule has 2 amide bonds. The zero-order valence-electron chi connectivity index (χ0n) is 21.4. The number of halogens is 2. The number of nitrogens with zero attached hydrogens (tertiary/aromatic N) is 4. The van der Waals surface area contributed by atoms with Gasteiger partial charge >= 0.3 is 6.03 Å². The Morgan fingerprint density at radius 3 is 2.78 bits per heavy atom. The molecule has 0 spiro atoms.